The lowest BCUT2D eigenvalue weighted by atomic mass is 10.1. The van der Waals surface area contributed by atoms with Crippen molar-refractivity contribution in [2.24, 2.45) is 0 Å². The van der Waals surface area contributed by atoms with Crippen molar-refractivity contribution in [3.8, 4) is 0 Å². The maximum atomic E-state index is 12.1. The van der Waals surface area contributed by atoms with Crippen molar-refractivity contribution in [3.05, 3.63) is 64.2 Å². The van der Waals surface area contributed by atoms with Gasteiger partial charge in [-0.05, 0) is 36.2 Å². The van der Waals surface area contributed by atoms with Crippen LogP contribution in [0.25, 0.3) is 0 Å². The minimum Gasteiger partial charge on any atom is -0.452 e. The minimum absolute atomic E-state index is 0.150. The van der Waals surface area contributed by atoms with E-state index in [1.165, 1.54) is 17.0 Å². The van der Waals surface area contributed by atoms with Crippen LogP contribution in [0.3, 0.4) is 0 Å². The summed E-state index contributed by atoms with van der Waals surface area (Å²) in [6.07, 6.45) is 0. The van der Waals surface area contributed by atoms with Gasteiger partial charge in [0.05, 0.1) is 5.56 Å². The number of nitrogens with zero attached hydrogens (tertiary/aromatic N) is 1. The summed E-state index contributed by atoms with van der Waals surface area (Å²) in [7, 11) is 1.66. The van der Waals surface area contributed by atoms with Crippen LogP contribution in [0.2, 0.25) is 5.02 Å². The van der Waals surface area contributed by atoms with Gasteiger partial charge in [-0.1, -0.05) is 35.9 Å². The first-order valence-electron chi connectivity index (χ1n) is 7.39. The number of carbonyl (C=O) groups is 2. The molecule has 0 unspecified atom stereocenters. The van der Waals surface area contributed by atoms with Gasteiger partial charge in [0.1, 0.15) is 0 Å². The van der Waals surface area contributed by atoms with E-state index in [4.69, 9.17) is 22.1 Å². The number of nitrogen functional groups attached to an aromatic ring is 1. The molecular weight excluding hydrogens is 328 g/mol. The number of likely N-dealkylation sites (N-methyl/N-ethyl adjacent to an activating group) is 1. The number of rotatable bonds is 5. The summed E-state index contributed by atoms with van der Waals surface area (Å²) in [4.78, 5) is 25.7. The highest BCUT2D eigenvalue weighted by Crippen LogP contribution is 2.18. The molecule has 0 heterocycles. The predicted octanol–water partition coefficient (Wildman–Crippen LogP) is 3.05. The Bertz CT molecular complexity index is 762. The van der Waals surface area contributed by atoms with Crippen LogP contribution in [0, 0.1) is 6.92 Å². The molecule has 0 bridgehead atoms. The van der Waals surface area contributed by atoms with E-state index in [1.54, 1.807) is 13.1 Å². The molecule has 0 aliphatic carbocycles. The molecule has 5 nitrogen and oxygen atoms in total. The third-order valence-electron chi connectivity index (χ3n) is 3.66. The maximum Gasteiger partial charge on any atom is 0.340 e. The summed E-state index contributed by atoms with van der Waals surface area (Å²) in [6.45, 7) is 2.07. The van der Waals surface area contributed by atoms with E-state index >= 15 is 0 Å². The highest BCUT2D eigenvalue weighted by atomic mass is 35.5. The number of anilines is 1. The lowest BCUT2D eigenvalue weighted by Gasteiger charge is -2.18. The Balaban J connectivity index is 1.93. The molecule has 0 saturated carbocycles. The van der Waals surface area contributed by atoms with Gasteiger partial charge in [-0.15, -0.1) is 0 Å². The molecule has 0 aliphatic rings. The van der Waals surface area contributed by atoms with E-state index < -0.39 is 5.97 Å². The Morgan fingerprint density at radius 1 is 1.21 bits per heavy atom. The summed E-state index contributed by atoms with van der Waals surface area (Å²) >= 11 is 5.84. The maximum absolute atomic E-state index is 12.1. The third kappa shape index (κ3) is 4.49. The number of aryl methyl sites for hydroxylation is 1. The number of hydrogen-bond donors (Lipinski definition) is 1. The monoisotopic (exact) mass is 346 g/mol. The second-order valence-electron chi connectivity index (χ2n) is 5.48. The van der Waals surface area contributed by atoms with Gasteiger partial charge in [-0.3, -0.25) is 4.79 Å². The fourth-order valence-electron chi connectivity index (χ4n) is 2.15. The van der Waals surface area contributed by atoms with Gasteiger partial charge in [0.2, 0.25) is 0 Å². The van der Waals surface area contributed by atoms with Gasteiger partial charge in [0.25, 0.3) is 5.91 Å². The van der Waals surface area contributed by atoms with Gasteiger partial charge in [-0.2, -0.15) is 0 Å². The number of nitrogens with two attached hydrogens (primary N) is 1. The van der Waals surface area contributed by atoms with E-state index in [9.17, 15) is 9.59 Å². The van der Waals surface area contributed by atoms with Crippen molar-refractivity contribution in [1.82, 2.24) is 4.90 Å². The fourth-order valence-corrected chi connectivity index (χ4v) is 2.32. The van der Waals surface area contributed by atoms with Crippen molar-refractivity contribution in [2.45, 2.75) is 13.5 Å². The first kappa shape index (κ1) is 17.8. The molecule has 0 fully saturated rings. The molecule has 2 N–H and O–H groups in total. The fraction of sp³-hybridized carbons (Fsp3) is 0.222. The zero-order chi connectivity index (χ0) is 17.7. The van der Waals surface area contributed by atoms with E-state index in [0.29, 0.717) is 11.6 Å². The molecule has 1 amide bonds. The van der Waals surface area contributed by atoms with E-state index in [0.717, 1.165) is 11.1 Å². The highest BCUT2D eigenvalue weighted by molar-refractivity contribution is 6.31. The van der Waals surface area contributed by atoms with Crippen LogP contribution >= 0.6 is 11.6 Å². The smallest absolute Gasteiger partial charge is 0.340 e. The molecule has 0 spiro atoms. The highest BCUT2D eigenvalue weighted by Gasteiger charge is 2.16. The predicted molar refractivity (Wildman–Crippen MR) is 93.8 cm³/mol. The minimum atomic E-state index is -0.673. The standard InChI is InChI=1S/C18H19ClN2O3/c1-12-5-3-4-6-13(12)10-21(2)17(22)11-24-18(23)15-9-14(19)7-8-16(15)20/h3-9H,10-11,20H2,1-2H3. The summed E-state index contributed by atoms with van der Waals surface area (Å²) in [5, 5.41) is 0.374. The molecular formula is C18H19ClN2O3. The van der Waals surface area contributed by atoms with Crippen molar-refractivity contribution in [3.63, 3.8) is 0 Å². The van der Waals surface area contributed by atoms with Gasteiger partial charge >= 0.3 is 5.97 Å². The molecule has 0 aliphatic heterocycles. The quantitative estimate of drug-likeness (QED) is 0.667. The number of ether oxygens (including phenoxy) is 1. The van der Waals surface area contributed by atoms with Crippen LogP contribution < -0.4 is 5.73 Å². The second kappa shape index (κ2) is 7.84. The van der Waals surface area contributed by atoms with Crippen molar-refractivity contribution >= 4 is 29.2 Å². The van der Waals surface area contributed by atoms with Crippen LogP contribution in [-0.2, 0) is 16.1 Å². The van der Waals surface area contributed by atoms with E-state index in [2.05, 4.69) is 0 Å². The van der Waals surface area contributed by atoms with E-state index in [-0.39, 0.29) is 23.8 Å². The van der Waals surface area contributed by atoms with Crippen LogP contribution in [0.4, 0.5) is 5.69 Å². The van der Waals surface area contributed by atoms with Gasteiger partial charge in [0.15, 0.2) is 6.61 Å². The van der Waals surface area contributed by atoms with E-state index in [1.807, 2.05) is 31.2 Å². The van der Waals surface area contributed by atoms with Crippen LogP contribution in [0.1, 0.15) is 21.5 Å². The molecule has 0 aromatic heterocycles. The molecule has 6 heteroatoms. The molecule has 2 aromatic carbocycles. The Labute approximate surface area is 146 Å². The molecule has 126 valence electrons. The number of esters is 1. The average Bonchev–Trinajstić information content (AvgIpc) is 2.56. The Morgan fingerprint density at radius 2 is 1.92 bits per heavy atom. The molecule has 24 heavy (non-hydrogen) atoms. The normalized spacial score (nSPS) is 10.3. The number of halogens is 1. The van der Waals surface area contributed by atoms with Crippen LogP contribution in [0.15, 0.2) is 42.5 Å². The number of hydrogen-bond acceptors (Lipinski definition) is 4. The van der Waals surface area contributed by atoms with Crippen molar-refractivity contribution < 1.29 is 14.3 Å². The Hall–Kier alpha value is -2.53. The third-order valence-corrected chi connectivity index (χ3v) is 3.89. The van der Waals surface area contributed by atoms with Crippen LogP contribution in [-0.4, -0.2) is 30.4 Å². The van der Waals surface area contributed by atoms with Crippen LogP contribution in [0.5, 0.6) is 0 Å². The summed E-state index contributed by atoms with van der Waals surface area (Å²) < 4.78 is 5.05. The first-order chi connectivity index (χ1) is 11.4. The van der Waals surface area contributed by atoms with Gasteiger partial charge in [0, 0.05) is 24.3 Å². The Kier molecular flexibility index (Phi) is 5.82. The lowest BCUT2D eigenvalue weighted by molar-refractivity contribution is -0.133. The summed E-state index contributed by atoms with van der Waals surface area (Å²) in [5.41, 5.74) is 8.26. The molecule has 0 radical (unpaired) electrons. The number of carbonyl (C=O) groups excluding carboxylic acids is 2. The zero-order valence-corrected chi connectivity index (χ0v) is 14.3. The molecule has 2 rings (SSSR count). The molecule has 0 atom stereocenters. The van der Waals surface area contributed by atoms with Crippen molar-refractivity contribution in [2.75, 3.05) is 19.4 Å². The summed E-state index contributed by atoms with van der Waals surface area (Å²) in [6, 6.07) is 12.3. The van der Waals surface area contributed by atoms with Gasteiger partial charge < -0.3 is 15.4 Å². The SMILES string of the molecule is Cc1ccccc1CN(C)C(=O)COC(=O)c1cc(Cl)ccc1N. The zero-order valence-electron chi connectivity index (χ0n) is 13.6. The lowest BCUT2D eigenvalue weighted by Crippen LogP contribution is -2.31. The summed E-state index contributed by atoms with van der Waals surface area (Å²) in [5.74, 6) is -0.972. The number of benzene rings is 2. The second-order valence-corrected chi connectivity index (χ2v) is 5.92. The topological polar surface area (TPSA) is 72.6 Å². The van der Waals surface area contributed by atoms with Crippen molar-refractivity contribution in [1.29, 1.82) is 0 Å². The van der Waals surface area contributed by atoms with Gasteiger partial charge in [-0.25, -0.2) is 4.79 Å². The Morgan fingerprint density at radius 3 is 2.62 bits per heavy atom. The largest absolute Gasteiger partial charge is 0.452 e. The molecule has 2 aromatic rings. The average molecular weight is 347 g/mol. The number of amides is 1. The first-order valence-corrected chi connectivity index (χ1v) is 7.77. The molecule has 0 saturated heterocycles.